The summed E-state index contributed by atoms with van der Waals surface area (Å²) < 4.78 is 58.4. The number of carbonyl (C=O) groups excluding carboxylic acids is 1. The highest BCUT2D eigenvalue weighted by molar-refractivity contribution is 7.89. The van der Waals surface area contributed by atoms with Crippen LogP contribution in [0.2, 0.25) is 0 Å². The van der Waals surface area contributed by atoms with Crippen LogP contribution < -0.4 is 9.94 Å². The number of thiazole rings is 1. The number of aromatic nitrogens is 1. The molecule has 0 unspecified atom stereocenters. The van der Waals surface area contributed by atoms with Crippen molar-refractivity contribution in [3.63, 3.8) is 0 Å². The molecule has 1 aromatic heterocycles. The summed E-state index contributed by atoms with van der Waals surface area (Å²) in [5.41, 5.74) is 0.926. The van der Waals surface area contributed by atoms with Gasteiger partial charge in [-0.3, -0.25) is 4.79 Å². The minimum Gasteiger partial charge on any atom is -0.383 e. The summed E-state index contributed by atoms with van der Waals surface area (Å²) >= 11 is 1.15. The first-order valence-electron chi connectivity index (χ1n) is 11.3. The van der Waals surface area contributed by atoms with Crippen LogP contribution in [-0.4, -0.2) is 58.4 Å². The molecule has 0 radical (unpaired) electrons. The van der Waals surface area contributed by atoms with Crippen molar-refractivity contribution in [2.45, 2.75) is 36.1 Å². The summed E-state index contributed by atoms with van der Waals surface area (Å²) in [6, 6.07) is 10.2. The van der Waals surface area contributed by atoms with Crippen molar-refractivity contribution in [3.05, 3.63) is 52.8 Å². The number of sulfonamides is 2. The zero-order valence-electron chi connectivity index (χ0n) is 20.0. The van der Waals surface area contributed by atoms with E-state index < -0.39 is 26.0 Å². The lowest BCUT2D eigenvalue weighted by molar-refractivity contribution is 0.0997. The standard InChI is InChI=1S/C23H28N4O6S3/c1-16-9-11-26(12-10-16)36(31,32)18-5-3-17(4-6-18)22(28)25-23-27(13-14-33-2)20-8-7-19(35(24,29)30)15-21(20)34-23/h3-8,15-16H,9-14H2,1-2H3,(H2,24,29,30). The van der Waals surface area contributed by atoms with E-state index in [0.29, 0.717) is 47.2 Å². The van der Waals surface area contributed by atoms with Gasteiger partial charge >= 0.3 is 0 Å². The van der Waals surface area contributed by atoms with E-state index in [1.54, 1.807) is 17.7 Å². The van der Waals surface area contributed by atoms with Crippen molar-refractivity contribution >= 4 is 47.5 Å². The van der Waals surface area contributed by atoms with Gasteiger partial charge in [0, 0.05) is 32.3 Å². The van der Waals surface area contributed by atoms with Crippen LogP contribution in [0.15, 0.2) is 57.2 Å². The fourth-order valence-corrected chi connectivity index (χ4v) is 7.19. The molecule has 1 amide bonds. The quantitative estimate of drug-likeness (QED) is 0.476. The smallest absolute Gasteiger partial charge is 0.279 e. The molecule has 36 heavy (non-hydrogen) atoms. The van der Waals surface area contributed by atoms with Gasteiger partial charge in [0.2, 0.25) is 20.0 Å². The van der Waals surface area contributed by atoms with Gasteiger partial charge in [-0.15, -0.1) is 0 Å². The molecule has 3 aromatic rings. The van der Waals surface area contributed by atoms with Crippen LogP contribution in [0.1, 0.15) is 30.1 Å². The third-order valence-corrected chi connectivity index (χ3v) is 10.0. The third kappa shape index (κ3) is 5.61. The van der Waals surface area contributed by atoms with Gasteiger partial charge in [0.15, 0.2) is 4.80 Å². The van der Waals surface area contributed by atoms with Crippen molar-refractivity contribution in [1.29, 1.82) is 0 Å². The molecule has 1 aliphatic heterocycles. The maximum Gasteiger partial charge on any atom is 0.279 e. The molecule has 1 saturated heterocycles. The van der Waals surface area contributed by atoms with Crippen molar-refractivity contribution in [2.24, 2.45) is 16.0 Å². The van der Waals surface area contributed by atoms with Crippen LogP contribution in [0.3, 0.4) is 0 Å². The van der Waals surface area contributed by atoms with Gasteiger partial charge in [0.25, 0.3) is 5.91 Å². The molecule has 13 heteroatoms. The van der Waals surface area contributed by atoms with E-state index >= 15 is 0 Å². The van der Waals surface area contributed by atoms with Crippen molar-refractivity contribution in [1.82, 2.24) is 8.87 Å². The summed E-state index contributed by atoms with van der Waals surface area (Å²) in [6.45, 7) is 3.83. The van der Waals surface area contributed by atoms with Crippen molar-refractivity contribution in [3.8, 4) is 0 Å². The van der Waals surface area contributed by atoms with E-state index in [1.165, 1.54) is 40.7 Å². The first-order valence-corrected chi connectivity index (χ1v) is 15.2. The second-order valence-corrected chi connectivity index (χ2v) is 13.2. The van der Waals surface area contributed by atoms with Gasteiger partial charge in [0.05, 0.1) is 26.6 Å². The maximum atomic E-state index is 13.0. The van der Waals surface area contributed by atoms with Crippen LogP contribution >= 0.6 is 11.3 Å². The largest absolute Gasteiger partial charge is 0.383 e. The Kier molecular flexibility index (Phi) is 7.78. The van der Waals surface area contributed by atoms with Crippen LogP contribution in [-0.2, 0) is 31.3 Å². The molecule has 2 heterocycles. The summed E-state index contributed by atoms with van der Waals surface area (Å²) in [7, 11) is -5.95. The van der Waals surface area contributed by atoms with Crippen LogP contribution in [0.4, 0.5) is 0 Å². The Labute approximate surface area is 214 Å². The number of rotatable bonds is 7. The molecule has 0 saturated carbocycles. The molecule has 4 rings (SSSR count). The molecule has 0 atom stereocenters. The average Bonchev–Trinajstić information content (AvgIpc) is 3.18. The number of hydrogen-bond acceptors (Lipinski definition) is 7. The van der Waals surface area contributed by atoms with Gasteiger partial charge in [-0.1, -0.05) is 18.3 Å². The highest BCUT2D eigenvalue weighted by Gasteiger charge is 2.28. The Morgan fingerprint density at radius 2 is 1.72 bits per heavy atom. The molecule has 194 valence electrons. The number of carbonyl (C=O) groups is 1. The van der Waals surface area contributed by atoms with Crippen LogP contribution in [0.25, 0.3) is 10.2 Å². The number of fused-ring (bicyclic) bond motifs is 1. The van der Waals surface area contributed by atoms with E-state index in [4.69, 9.17) is 9.88 Å². The second-order valence-electron chi connectivity index (χ2n) is 8.73. The molecular formula is C23H28N4O6S3. The average molecular weight is 553 g/mol. The van der Waals surface area contributed by atoms with E-state index in [2.05, 4.69) is 11.9 Å². The van der Waals surface area contributed by atoms with Crippen LogP contribution in [0.5, 0.6) is 0 Å². The number of nitrogens with two attached hydrogens (primary N) is 1. The first kappa shape index (κ1) is 26.6. The molecule has 10 nitrogen and oxygen atoms in total. The van der Waals surface area contributed by atoms with E-state index in [1.807, 2.05) is 0 Å². The Hall–Kier alpha value is -2.42. The van der Waals surface area contributed by atoms with Crippen LogP contribution in [0, 0.1) is 5.92 Å². The Morgan fingerprint density at radius 3 is 2.33 bits per heavy atom. The van der Waals surface area contributed by atoms with Gasteiger partial charge in [-0.05, 0) is 61.2 Å². The number of methoxy groups -OCH3 is 1. The molecule has 2 N–H and O–H groups in total. The number of hydrogen-bond donors (Lipinski definition) is 1. The molecule has 0 bridgehead atoms. The minimum absolute atomic E-state index is 0.0343. The summed E-state index contributed by atoms with van der Waals surface area (Å²) in [6.07, 6.45) is 1.65. The lowest BCUT2D eigenvalue weighted by Crippen LogP contribution is -2.37. The predicted molar refractivity (Wildman–Crippen MR) is 137 cm³/mol. The van der Waals surface area contributed by atoms with Crippen molar-refractivity contribution < 1.29 is 26.4 Å². The number of ether oxygens (including phenoxy) is 1. The SMILES string of the molecule is COCCn1c(=NC(=O)c2ccc(S(=O)(=O)N3CCC(C)CC3)cc2)sc2cc(S(N)(=O)=O)ccc21. The first-order chi connectivity index (χ1) is 17.0. The fourth-order valence-electron chi connectivity index (χ4n) is 4.01. The lowest BCUT2D eigenvalue weighted by atomic mass is 10.0. The summed E-state index contributed by atoms with van der Waals surface area (Å²) in [4.78, 5) is 17.7. The normalized spacial score (nSPS) is 16.6. The Morgan fingerprint density at radius 1 is 1.08 bits per heavy atom. The number of benzene rings is 2. The number of piperidine rings is 1. The lowest BCUT2D eigenvalue weighted by Gasteiger charge is -2.29. The molecular weight excluding hydrogens is 524 g/mol. The number of primary sulfonamides is 1. The molecule has 0 aliphatic carbocycles. The van der Waals surface area contributed by atoms with Gasteiger partial charge in [-0.25, -0.2) is 22.0 Å². The van der Waals surface area contributed by atoms with E-state index in [0.717, 1.165) is 24.2 Å². The topological polar surface area (TPSA) is 141 Å². The molecule has 2 aromatic carbocycles. The number of amides is 1. The summed E-state index contributed by atoms with van der Waals surface area (Å²) in [5, 5.41) is 5.25. The zero-order chi connectivity index (χ0) is 26.1. The Balaban J connectivity index is 1.66. The summed E-state index contributed by atoms with van der Waals surface area (Å²) in [5.74, 6) is -0.0416. The minimum atomic E-state index is -3.89. The predicted octanol–water partition coefficient (Wildman–Crippen LogP) is 2.16. The van der Waals surface area contributed by atoms with Gasteiger partial charge in [0.1, 0.15) is 0 Å². The monoisotopic (exact) mass is 552 g/mol. The fraction of sp³-hybridized carbons (Fsp3) is 0.391. The van der Waals surface area contributed by atoms with Gasteiger partial charge in [-0.2, -0.15) is 9.30 Å². The van der Waals surface area contributed by atoms with E-state index in [-0.39, 0.29) is 15.4 Å². The zero-order valence-corrected chi connectivity index (χ0v) is 22.4. The van der Waals surface area contributed by atoms with E-state index in [9.17, 15) is 21.6 Å². The molecule has 1 fully saturated rings. The second kappa shape index (κ2) is 10.5. The maximum absolute atomic E-state index is 13.0. The number of nitrogens with zero attached hydrogens (tertiary/aromatic N) is 3. The van der Waals surface area contributed by atoms with Gasteiger partial charge < -0.3 is 9.30 Å². The Bertz CT molecular complexity index is 1550. The third-order valence-electron chi connectivity index (χ3n) is 6.18. The highest BCUT2D eigenvalue weighted by Crippen LogP contribution is 2.24. The molecule has 1 aliphatic rings. The highest BCUT2D eigenvalue weighted by atomic mass is 32.2. The van der Waals surface area contributed by atoms with Crippen molar-refractivity contribution in [2.75, 3.05) is 26.8 Å². The molecule has 0 spiro atoms.